The van der Waals surface area contributed by atoms with Crippen molar-refractivity contribution in [2.75, 3.05) is 20.7 Å². The fraction of sp³-hybridized carbons (Fsp3) is 0.917. The number of esters is 1. The second kappa shape index (κ2) is 6.83. The Labute approximate surface area is 92.8 Å². The monoisotopic (exact) mass is 213 g/mol. The minimum absolute atomic E-state index is 0.101. The van der Waals surface area contributed by atoms with Crippen molar-refractivity contribution in [3.8, 4) is 0 Å². The molecule has 0 heterocycles. The van der Waals surface area contributed by atoms with Gasteiger partial charge in [0, 0.05) is 12.6 Å². The van der Waals surface area contributed by atoms with Crippen molar-refractivity contribution in [1.82, 2.24) is 4.90 Å². The van der Waals surface area contributed by atoms with Crippen LogP contribution >= 0.6 is 0 Å². The lowest BCUT2D eigenvalue weighted by molar-refractivity contribution is -0.141. The third-order valence-electron chi connectivity index (χ3n) is 3.34. The summed E-state index contributed by atoms with van der Waals surface area (Å²) in [4.78, 5) is 13.3. The lowest BCUT2D eigenvalue weighted by Gasteiger charge is -2.26. The van der Waals surface area contributed by atoms with Crippen molar-refractivity contribution in [2.24, 2.45) is 0 Å². The summed E-state index contributed by atoms with van der Waals surface area (Å²) in [6.45, 7) is 0.831. The van der Waals surface area contributed by atoms with Crippen LogP contribution in [0.4, 0.5) is 0 Å². The van der Waals surface area contributed by atoms with E-state index in [-0.39, 0.29) is 5.97 Å². The Balaban J connectivity index is 2.24. The fourth-order valence-corrected chi connectivity index (χ4v) is 2.25. The minimum Gasteiger partial charge on any atom is -0.469 e. The van der Waals surface area contributed by atoms with Gasteiger partial charge in [0.15, 0.2) is 0 Å². The number of hydrogen-bond donors (Lipinski definition) is 0. The molecule has 0 aromatic rings. The number of methoxy groups -OCH3 is 1. The van der Waals surface area contributed by atoms with E-state index in [4.69, 9.17) is 0 Å². The summed E-state index contributed by atoms with van der Waals surface area (Å²) in [5.41, 5.74) is 0. The summed E-state index contributed by atoms with van der Waals surface area (Å²) in [6, 6.07) is 0.678. The van der Waals surface area contributed by atoms with Gasteiger partial charge in [0.05, 0.1) is 13.5 Å². The third-order valence-corrected chi connectivity index (χ3v) is 3.34. The molecule has 1 aliphatic rings. The van der Waals surface area contributed by atoms with E-state index in [1.54, 1.807) is 0 Å². The summed E-state index contributed by atoms with van der Waals surface area (Å²) in [5.74, 6) is -0.101. The number of carbonyl (C=O) groups excluding carboxylic acids is 1. The van der Waals surface area contributed by atoms with Crippen LogP contribution in [0.2, 0.25) is 0 Å². The van der Waals surface area contributed by atoms with Crippen molar-refractivity contribution in [1.29, 1.82) is 0 Å². The predicted molar refractivity (Wildman–Crippen MR) is 60.8 cm³/mol. The number of carbonyl (C=O) groups is 1. The molecule has 1 fully saturated rings. The molecular formula is C12H23NO2. The SMILES string of the molecule is COC(=O)CCN(C)C1CCCCCC1. The lowest BCUT2D eigenvalue weighted by Crippen LogP contribution is -2.33. The highest BCUT2D eigenvalue weighted by atomic mass is 16.5. The second-order valence-electron chi connectivity index (χ2n) is 4.45. The average molecular weight is 213 g/mol. The van der Waals surface area contributed by atoms with E-state index in [2.05, 4.69) is 16.7 Å². The molecule has 3 heteroatoms. The number of rotatable bonds is 4. The smallest absolute Gasteiger partial charge is 0.306 e. The Morgan fingerprint density at radius 1 is 1.27 bits per heavy atom. The molecule has 1 aliphatic carbocycles. The Morgan fingerprint density at radius 2 is 1.87 bits per heavy atom. The van der Waals surface area contributed by atoms with Gasteiger partial charge in [-0.1, -0.05) is 25.7 Å². The number of ether oxygens (including phenoxy) is 1. The van der Waals surface area contributed by atoms with Crippen LogP contribution in [0.25, 0.3) is 0 Å². The van der Waals surface area contributed by atoms with Gasteiger partial charge in [-0.05, 0) is 19.9 Å². The maximum absolute atomic E-state index is 11.0. The van der Waals surface area contributed by atoms with Gasteiger partial charge in [0.2, 0.25) is 0 Å². The molecule has 0 aliphatic heterocycles. The van der Waals surface area contributed by atoms with Crippen molar-refractivity contribution in [3.63, 3.8) is 0 Å². The van der Waals surface area contributed by atoms with Gasteiger partial charge in [0.1, 0.15) is 0 Å². The number of nitrogens with zero attached hydrogens (tertiary/aromatic N) is 1. The van der Waals surface area contributed by atoms with Gasteiger partial charge in [0.25, 0.3) is 0 Å². The van der Waals surface area contributed by atoms with E-state index in [0.717, 1.165) is 6.54 Å². The third kappa shape index (κ3) is 4.65. The molecule has 88 valence electrons. The second-order valence-corrected chi connectivity index (χ2v) is 4.45. The molecule has 0 N–H and O–H groups in total. The normalized spacial score (nSPS) is 18.9. The van der Waals surface area contributed by atoms with Crippen molar-refractivity contribution in [3.05, 3.63) is 0 Å². The van der Waals surface area contributed by atoms with Gasteiger partial charge < -0.3 is 9.64 Å². The Bertz CT molecular complexity index is 186. The fourth-order valence-electron chi connectivity index (χ4n) is 2.25. The van der Waals surface area contributed by atoms with Gasteiger partial charge in [-0.25, -0.2) is 0 Å². The molecule has 0 aromatic heterocycles. The standard InChI is InChI=1S/C12H23NO2/c1-13(10-9-12(14)15-2)11-7-5-3-4-6-8-11/h11H,3-10H2,1-2H3. The number of hydrogen-bond acceptors (Lipinski definition) is 3. The maximum Gasteiger partial charge on any atom is 0.306 e. The summed E-state index contributed by atoms with van der Waals surface area (Å²) in [7, 11) is 3.58. The van der Waals surface area contributed by atoms with Gasteiger partial charge in [-0.15, -0.1) is 0 Å². The zero-order valence-electron chi connectivity index (χ0n) is 10.00. The highest BCUT2D eigenvalue weighted by molar-refractivity contribution is 5.69. The average Bonchev–Trinajstić information content (AvgIpc) is 2.53. The van der Waals surface area contributed by atoms with Crippen molar-refractivity contribution in [2.45, 2.75) is 51.0 Å². The van der Waals surface area contributed by atoms with Crippen LogP contribution in [0.3, 0.4) is 0 Å². The molecule has 0 spiro atoms. The molecule has 0 atom stereocenters. The lowest BCUT2D eigenvalue weighted by atomic mass is 10.1. The highest BCUT2D eigenvalue weighted by Crippen LogP contribution is 2.20. The quantitative estimate of drug-likeness (QED) is 0.529. The first-order valence-electron chi connectivity index (χ1n) is 6.01. The van der Waals surface area contributed by atoms with E-state index < -0.39 is 0 Å². The molecule has 0 bridgehead atoms. The van der Waals surface area contributed by atoms with Crippen LogP contribution in [0.5, 0.6) is 0 Å². The van der Waals surface area contributed by atoms with Crippen LogP contribution in [0.1, 0.15) is 44.9 Å². The molecule has 15 heavy (non-hydrogen) atoms. The minimum atomic E-state index is -0.101. The van der Waals surface area contributed by atoms with E-state index in [1.807, 2.05) is 0 Å². The first-order chi connectivity index (χ1) is 7.24. The Hall–Kier alpha value is -0.570. The summed E-state index contributed by atoms with van der Waals surface area (Å²) < 4.78 is 4.65. The maximum atomic E-state index is 11.0. The first-order valence-corrected chi connectivity index (χ1v) is 6.01. The van der Waals surface area contributed by atoms with Crippen LogP contribution in [-0.2, 0) is 9.53 Å². The first kappa shape index (κ1) is 12.5. The van der Waals surface area contributed by atoms with Crippen LogP contribution < -0.4 is 0 Å². The van der Waals surface area contributed by atoms with Gasteiger partial charge in [-0.2, -0.15) is 0 Å². The molecule has 1 rings (SSSR count). The van der Waals surface area contributed by atoms with Crippen LogP contribution in [0.15, 0.2) is 0 Å². The van der Waals surface area contributed by atoms with Crippen molar-refractivity contribution >= 4 is 5.97 Å². The highest BCUT2D eigenvalue weighted by Gasteiger charge is 2.17. The Kier molecular flexibility index (Phi) is 5.69. The van der Waals surface area contributed by atoms with Crippen molar-refractivity contribution < 1.29 is 9.53 Å². The zero-order chi connectivity index (χ0) is 11.1. The summed E-state index contributed by atoms with van der Waals surface area (Å²) in [5, 5.41) is 0. The molecule has 0 unspecified atom stereocenters. The molecule has 0 aromatic carbocycles. The molecule has 3 nitrogen and oxygen atoms in total. The van der Waals surface area contributed by atoms with E-state index >= 15 is 0 Å². The predicted octanol–water partition coefficient (Wildman–Crippen LogP) is 2.20. The Morgan fingerprint density at radius 3 is 2.40 bits per heavy atom. The topological polar surface area (TPSA) is 29.5 Å². The molecule has 1 saturated carbocycles. The van der Waals surface area contributed by atoms with Gasteiger partial charge >= 0.3 is 5.97 Å². The largest absolute Gasteiger partial charge is 0.469 e. The van der Waals surface area contributed by atoms with E-state index in [9.17, 15) is 4.79 Å². The van der Waals surface area contributed by atoms with E-state index in [0.29, 0.717) is 12.5 Å². The summed E-state index contributed by atoms with van der Waals surface area (Å²) >= 11 is 0. The van der Waals surface area contributed by atoms with Crippen LogP contribution in [-0.4, -0.2) is 37.6 Å². The molecule has 0 amide bonds. The molecule has 0 saturated heterocycles. The molecule has 0 radical (unpaired) electrons. The molecular weight excluding hydrogens is 190 g/mol. The van der Waals surface area contributed by atoms with E-state index in [1.165, 1.54) is 45.6 Å². The van der Waals surface area contributed by atoms with Crippen LogP contribution in [0, 0.1) is 0 Å². The summed E-state index contributed by atoms with van der Waals surface area (Å²) in [6.07, 6.45) is 8.53. The zero-order valence-corrected chi connectivity index (χ0v) is 10.00. The van der Waals surface area contributed by atoms with Gasteiger partial charge in [-0.3, -0.25) is 4.79 Å².